The predicted octanol–water partition coefficient (Wildman–Crippen LogP) is 0.697. The van der Waals surface area contributed by atoms with Gasteiger partial charge in [0.1, 0.15) is 5.69 Å². The number of rotatable bonds is 0. The van der Waals surface area contributed by atoms with Gasteiger partial charge < -0.3 is 14.8 Å². The van der Waals surface area contributed by atoms with E-state index < -0.39 is 0 Å². The number of aromatic nitrogens is 1. The van der Waals surface area contributed by atoms with Crippen LogP contribution in [0.4, 0.5) is 0 Å². The minimum atomic E-state index is -0.238. The van der Waals surface area contributed by atoms with Crippen LogP contribution >= 0.6 is 0 Å². The third-order valence-corrected chi connectivity index (χ3v) is 4.80. The zero-order valence-electron chi connectivity index (χ0n) is 13.2. The number of pyridine rings is 1. The van der Waals surface area contributed by atoms with Gasteiger partial charge in [0.2, 0.25) is 0 Å². The fraction of sp³-hybridized carbons (Fsp3) is 0.562. The quantitative estimate of drug-likeness (QED) is 0.767. The van der Waals surface area contributed by atoms with Crippen LogP contribution in [0, 0.1) is 6.92 Å². The SMILES string of the molecule is Cc1c2c(c3n(c1=O)CCCCNC3=O)CC(C)N(C)C2=O. The monoisotopic (exact) mass is 303 g/mol. The molecule has 1 unspecified atom stereocenters. The zero-order chi connectivity index (χ0) is 16.0. The van der Waals surface area contributed by atoms with Crippen LogP contribution in [-0.4, -0.2) is 40.9 Å². The molecule has 2 aliphatic rings. The van der Waals surface area contributed by atoms with Crippen molar-refractivity contribution in [2.24, 2.45) is 0 Å². The summed E-state index contributed by atoms with van der Waals surface area (Å²) in [6.45, 7) is 4.79. The Morgan fingerprint density at radius 1 is 1.18 bits per heavy atom. The lowest BCUT2D eigenvalue weighted by Gasteiger charge is -2.34. The van der Waals surface area contributed by atoms with Gasteiger partial charge in [-0.15, -0.1) is 0 Å². The molecule has 6 nitrogen and oxygen atoms in total. The van der Waals surface area contributed by atoms with Crippen LogP contribution in [0.15, 0.2) is 4.79 Å². The van der Waals surface area contributed by atoms with Crippen LogP contribution in [0.25, 0.3) is 0 Å². The summed E-state index contributed by atoms with van der Waals surface area (Å²) in [6.07, 6.45) is 2.29. The summed E-state index contributed by atoms with van der Waals surface area (Å²) < 4.78 is 1.56. The summed E-state index contributed by atoms with van der Waals surface area (Å²) >= 11 is 0. The fourth-order valence-electron chi connectivity index (χ4n) is 3.37. The maximum atomic E-state index is 12.6. The molecule has 1 atom stereocenters. The molecule has 0 aromatic carbocycles. The molecule has 0 saturated heterocycles. The van der Waals surface area contributed by atoms with E-state index in [0.29, 0.717) is 36.3 Å². The van der Waals surface area contributed by atoms with Gasteiger partial charge >= 0.3 is 0 Å². The number of carbonyl (C=O) groups is 2. The highest BCUT2D eigenvalue weighted by Crippen LogP contribution is 2.27. The van der Waals surface area contributed by atoms with Crippen molar-refractivity contribution < 1.29 is 9.59 Å². The van der Waals surface area contributed by atoms with Gasteiger partial charge in [-0.1, -0.05) is 0 Å². The third kappa shape index (κ3) is 2.05. The van der Waals surface area contributed by atoms with Crippen molar-refractivity contribution in [2.45, 2.75) is 45.7 Å². The lowest BCUT2D eigenvalue weighted by atomic mass is 9.89. The summed E-state index contributed by atoms with van der Waals surface area (Å²) in [4.78, 5) is 39.4. The molecule has 2 amide bonds. The first-order valence-electron chi connectivity index (χ1n) is 7.75. The molecule has 1 aromatic rings. The molecule has 118 valence electrons. The van der Waals surface area contributed by atoms with E-state index in [2.05, 4.69) is 5.32 Å². The zero-order valence-corrected chi connectivity index (χ0v) is 13.2. The van der Waals surface area contributed by atoms with Crippen LogP contribution in [0.5, 0.6) is 0 Å². The predicted molar refractivity (Wildman–Crippen MR) is 82.3 cm³/mol. The highest BCUT2D eigenvalue weighted by molar-refractivity contribution is 6.03. The van der Waals surface area contributed by atoms with Gasteiger partial charge in [0, 0.05) is 31.7 Å². The standard InChI is InChI=1S/C16H21N3O3/c1-9-8-11-12(16(22)18(9)3)10(2)15(21)19-7-5-4-6-17-14(20)13(11)19/h9H,4-8H2,1-3H3,(H,17,20). The first-order chi connectivity index (χ1) is 10.4. The maximum Gasteiger partial charge on any atom is 0.268 e. The van der Waals surface area contributed by atoms with E-state index in [4.69, 9.17) is 0 Å². The van der Waals surface area contributed by atoms with Crippen molar-refractivity contribution in [3.63, 3.8) is 0 Å². The van der Waals surface area contributed by atoms with Gasteiger partial charge in [0.15, 0.2) is 0 Å². The van der Waals surface area contributed by atoms with Crippen molar-refractivity contribution in [3.05, 3.63) is 32.7 Å². The number of hydrogen-bond acceptors (Lipinski definition) is 3. The highest BCUT2D eigenvalue weighted by Gasteiger charge is 2.35. The Bertz CT molecular complexity index is 720. The Kier molecular flexibility index (Phi) is 3.54. The van der Waals surface area contributed by atoms with E-state index in [9.17, 15) is 14.4 Å². The molecule has 0 spiro atoms. The first kappa shape index (κ1) is 14.8. The molecule has 6 heteroatoms. The molecule has 0 aliphatic carbocycles. The third-order valence-electron chi connectivity index (χ3n) is 4.80. The molecule has 0 fully saturated rings. The summed E-state index contributed by atoms with van der Waals surface area (Å²) in [6, 6.07) is 0.0137. The first-order valence-corrected chi connectivity index (χ1v) is 7.75. The molecule has 0 radical (unpaired) electrons. The van der Waals surface area contributed by atoms with E-state index >= 15 is 0 Å². The molecule has 2 aliphatic heterocycles. The van der Waals surface area contributed by atoms with Gasteiger partial charge in [0.25, 0.3) is 17.4 Å². The van der Waals surface area contributed by atoms with Crippen LogP contribution in [0.3, 0.4) is 0 Å². The Morgan fingerprint density at radius 3 is 2.64 bits per heavy atom. The number of carbonyl (C=O) groups excluding carboxylic acids is 2. The van der Waals surface area contributed by atoms with Gasteiger partial charge in [-0.3, -0.25) is 14.4 Å². The molecule has 0 saturated carbocycles. The molecule has 3 heterocycles. The van der Waals surface area contributed by atoms with E-state index in [-0.39, 0.29) is 23.4 Å². The molecule has 22 heavy (non-hydrogen) atoms. The lowest BCUT2D eigenvalue weighted by molar-refractivity contribution is 0.0718. The largest absolute Gasteiger partial charge is 0.351 e. The Hall–Kier alpha value is -2.11. The van der Waals surface area contributed by atoms with Crippen LogP contribution in [0.2, 0.25) is 0 Å². The molecular weight excluding hydrogens is 282 g/mol. The summed E-state index contributed by atoms with van der Waals surface area (Å²) in [7, 11) is 1.74. The van der Waals surface area contributed by atoms with Crippen molar-refractivity contribution in [2.75, 3.05) is 13.6 Å². The van der Waals surface area contributed by atoms with E-state index in [1.165, 1.54) is 0 Å². The average molecular weight is 303 g/mol. The van der Waals surface area contributed by atoms with Gasteiger partial charge in [-0.25, -0.2) is 0 Å². The van der Waals surface area contributed by atoms with Crippen molar-refractivity contribution in [1.29, 1.82) is 0 Å². The second kappa shape index (κ2) is 5.26. The maximum absolute atomic E-state index is 12.6. The highest BCUT2D eigenvalue weighted by atomic mass is 16.2. The minimum absolute atomic E-state index is 0.0137. The topological polar surface area (TPSA) is 71.4 Å². The molecule has 1 aromatic heterocycles. The number of hydrogen-bond donors (Lipinski definition) is 1. The number of amides is 2. The second-order valence-corrected chi connectivity index (χ2v) is 6.22. The van der Waals surface area contributed by atoms with Crippen molar-refractivity contribution in [3.8, 4) is 0 Å². The Labute approximate surface area is 129 Å². The fourth-order valence-corrected chi connectivity index (χ4v) is 3.37. The number of nitrogens with zero attached hydrogens (tertiary/aromatic N) is 2. The van der Waals surface area contributed by atoms with Gasteiger partial charge in [-0.2, -0.15) is 0 Å². The molecule has 3 rings (SSSR count). The van der Waals surface area contributed by atoms with Gasteiger partial charge in [0.05, 0.1) is 5.56 Å². The van der Waals surface area contributed by atoms with Crippen molar-refractivity contribution >= 4 is 11.8 Å². The van der Waals surface area contributed by atoms with Gasteiger partial charge in [-0.05, 0) is 38.7 Å². The van der Waals surface area contributed by atoms with Crippen LogP contribution < -0.4 is 10.9 Å². The lowest BCUT2D eigenvalue weighted by Crippen LogP contribution is -2.46. The van der Waals surface area contributed by atoms with Crippen LogP contribution in [-0.2, 0) is 13.0 Å². The van der Waals surface area contributed by atoms with Crippen molar-refractivity contribution in [1.82, 2.24) is 14.8 Å². The number of likely N-dealkylation sites (N-methyl/N-ethyl adjacent to an activating group) is 1. The van der Waals surface area contributed by atoms with E-state index in [1.807, 2.05) is 6.92 Å². The van der Waals surface area contributed by atoms with E-state index in [1.54, 1.807) is 23.4 Å². The van der Waals surface area contributed by atoms with E-state index in [0.717, 1.165) is 18.4 Å². The number of fused-ring (bicyclic) bond motifs is 3. The molecule has 0 bridgehead atoms. The summed E-state index contributed by atoms with van der Waals surface area (Å²) in [5.41, 5.74) is 1.77. The Morgan fingerprint density at radius 2 is 1.91 bits per heavy atom. The molecule has 1 N–H and O–H groups in total. The summed E-state index contributed by atoms with van der Waals surface area (Å²) in [5.74, 6) is -0.404. The molecular formula is C16H21N3O3. The normalized spacial score (nSPS) is 21.6. The minimum Gasteiger partial charge on any atom is -0.351 e. The summed E-state index contributed by atoms with van der Waals surface area (Å²) in [5, 5.41) is 2.85. The van der Waals surface area contributed by atoms with Crippen LogP contribution in [0.1, 0.15) is 51.7 Å². The number of nitrogens with one attached hydrogen (secondary N) is 1. The smallest absolute Gasteiger partial charge is 0.268 e. The average Bonchev–Trinajstić information content (AvgIpc) is 2.46. The Balaban J connectivity index is 2.34. The second-order valence-electron chi connectivity index (χ2n) is 6.22.